The van der Waals surface area contributed by atoms with E-state index in [0.29, 0.717) is 12.6 Å². The van der Waals surface area contributed by atoms with E-state index in [0.717, 1.165) is 22.7 Å². The third-order valence-corrected chi connectivity index (χ3v) is 5.59. The average molecular weight is 365 g/mol. The van der Waals surface area contributed by atoms with E-state index < -0.39 is 0 Å². The monoisotopic (exact) mass is 364 g/mol. The Kier molecular flexibility index (Phi) is 5.76. The first-order chi connectivity index (χ1) is 11.6. The molecule has 0 saturated heterocycles. The van der Waals surface area contributed by atoms with E-state index in [1.807, 2.05) is 36.4 Å². The molecule has 1 saturated carbocycles. The number of rotatable bonds is 6. The van der Waals surface area contributed by atoms with E-state index in [1.165, 1.54) is 4.88 Å². The fourth-order valence-corrected chi connectivity index (χ4v) is 3.87. The highest BCUT2D eigenvalue weighted by atomic mass is 35.5. The molecule has 1 aliphatic rings. The summed E-state index contributed by atoms with van der Waals surface area (Å²) in [6, 6.07) is 14.5. The Labute approximate surface area is 151 Å². The van der Waals surface area contributed by atoms with Gasteiger partial charge in [0, 0.05) is 23.0 Å². The predicted molar refractivity (Wildman–Crippen MR) is 97.5 cm³/mol. The van der Waals surface area contributed by atoms with Crippen LogP contribution in [0.4, 0.5) is 4.79 Å². The van der Waals surface area contributed by atoms with Crippen LogP contribution in [0, 0.1) is 0 Å². The Bertz CT molecular complexity index is 671. The van der Waals surface area contributed by atoms with Gasteiger partial charge in [-0.25, -0.2) is 4.79 Å². The van der Waals surface area contributed by atoms with Crippen LogP contribution in [0.1, 0.15) is 36.2 Å². The summed E-state index contributed by atoms with van der Waals surface area (Å²) in [4.78, 5) is 13.0. The number of thiophene rings is 1. The summed E-state index contributed by atoms with van der Waals surface area (Å²) in [5, 5.41) is 6.48. The van der Waals surface area contributed by atoms with Gasteiger partial charge in [-0.1, -0.05) is 41.9 Å². The molecule has 1 aromatic heterocycles. The quantitative estimate of drug-likeness (QED) is 0.792. The van der Waals surface area contributed by atoms with Crippen molar-refractivity contribution in [3.05, 3.63) is 57.2 Å². The highest BCUT2D eigenvalue weighted by molar-refractivity contribution is 7.16. The number of hydrogen-bond donors (Lipinski definition) is 2. The van der Waals surface area contributed by atoms with Crippen molar-refractivity contribution in [2.45, 2.75) is 44.5 Å². The van der Waals surface area contributed by atoms with E-state index in [-0.39, 0.29) is 18.2 Å². The molecule has 1 amide bonds. The maximum atomic E-state index is 11.8. The molecular weight excluding hydrogens is 344 g/mol. The Balaban J connectivity index is 1.34. The van der Waals surface area contributed by atoms with Crippen molar-refractivity contribution < 1.29 is 9.53 Å². The van der Waals surface area contributed by atoms with Crippen LogP contribution >= 0.6 is 22.9 Å². The van der Waals surface area contributed by atoms with E-state index in [1.54, 1.807) is 11.3 Å². The van der Waals surface area contributed by atoms with Crippen molar-refractivity contribution in [1.29, 1.82) is 0 Å². The summed E-state index contributed by atoms with van der Waals surface area (Å²) in [7, 11) is 0. The predicted octanol–water partition coefficient (Wildman–Crippen LogP) is 4.51. The number of amides is 1. The first kappa shape index (κ1) is 17.3. The summed E-state index contributed by atoms with van der Waals surface area (Å²) < 4.78 is 6.05. The molecule has 24 heavy (non-hydrogen) atoms. The average Bonchev–Trinajstić information content (AvgIpc) is 2.98. The summed E-state index contributed by atoms with van der Waals surface area (Å²) in [6.45, 7) is 2.44. The number of carbonyl (C=O) groups excluding carboxylic acids is 1. The van der Waals surface area contributed by atoms with E-state index in [9.17, 15) is 4.79 Å². The van der Waals surface area contributed by atoms with Gasteiger partial charge in [-0.05, 0) is 37.5 Å². The molecule has 0 spiro atoms. The normalized spacial score (nSPS) is 20.9. The van der Waals surface area contributed by atoms with Crippen LogP contribution in [0.25, 0.3) is 0 Å². The third kappa shape index (κ3) is 4.72. The van der Waals surface area contributed by atoms with Gasteiger partial charge in [0.05, 0.1) is 4.34 Å². The molecule has 2 aromatic rings. The number of nitrogens with one attached hydrogen (secondary N) is 2. The minimum atomic E-state index is -0.347. The maximum absolute atomic E-state index is 11.8. The number of hydrogen-bond acceptors (Lipinski definition) is 4. The van der Waals surface area contributed by atoms with Crippen LogP contribution in [-0.2, 0) is 11.3 Å². The molecular formula is C18H21ClN2O2S. The Morgan fingerprint density at radius 1 is 1.25 bits per heavy atom. The first-order valence-corrected chi connectivity index (χ1v) is 9.28. The molecule has 6 heteroatoms. The zero-order valence-electron chi connectivity index (χ0n) is 13.5. The highest BCUT2D eigenvalue weighted by Crippen LogP contribution is 2.29. The summed E-state index contributed by atoms with van der Waals surface area (Å²) >= 11 is 7.57. The Hall–Kier alpha value is -1.56. The van der Waals surface area contributed by atoms with Crippen molar-refractivity contribution >= 4 is 29.0 Å². The summed E-state index contributed by atoms with van der Waals surface area (Å²) in [6.07, 6.45) is 1.49. The fraction of sp³-hybridized carbons (Fsp3) is 0.389. The van der Waals surface area contributed by atoms with Gasteiger partial charge in [-0.3, -0.25) is 0 Å². The lowest BCUT2D eigenvalue weighted by Crippen LogP contribution is -2.52. The zero-order chi connectivity index (χ0) is 16.9. The first-order valence-electron chi connectivity index (χ1n) is 8.08. The molecule has 0 bridgehead atoms. The third-order valence-electron chi connectivity index (χ3n) is 4.18. The van der Waals surface area contributed by atoms with Gasteiger partial charge in [-0.2, -0.15) is 0 Å². The lowest BCUT2D eigenvalue weighted by molar-refractivity contribution is 0.124. The summed E-state index contributed by atoms with van der Waals surface area (Å²) in [5.74, 6) is 0. The fourth-order valence-electron chi connectivity index (χ4n) is 2.80. The SMILES string of the molecule is CC(NC1CC(NC(=O)OCc2ccccc2)C1)c1ccc(Cl)s1. The minimum absolute atomic E-state index is 0.185. The van der Waals surface area contributed by atoms with Crippen LogP contribution in [-0.4, -0.2) is 18.2 Å². The van der Waals surface area contributed by atoms with Gasteiger partial charge in [0.1, 0.15) is 6.61 Å². The van der Waals surface area contributed by atoms with Crippen molar-refractivity contribution in [2.24, 2.45) is 0 Å². The lowest BCUT2D eigenvalue weighted by atomic mass is 9.86. The lowest BCUT2D eigenvalue weighted by Gasteiger charge is -2.37. The number of carbonyl (C=O) groups is 1. The zero-order valence-corrected chi connectivity index (χ0v) is 15.1. The van der Waals surface area contributed by atoms with Gasteiger partial charge in [-0.15, -0.1) is 11.3 Å². The van der Waals surface area contributed by atoms with Gasteiger partial charge in [0.25, 0.3) is 0 Å². The molecule has 4 nitrogen and oxygen atoms in total. The number of benzene rings is 1. The van der Waals surface area contributed by atoms with Crippen molar-refractivity contribution in [2.75, 3.05) is 0 Å². The number of alkyl carbamates (subject to hydrolysis) is 1. The molecule has 1 heterocycles. The number of halogens is 1. The van der Waals surface area contributed by atoms with Gasteiger partial charge in [0.15, 0.2) is 0 Å². The van der Waals surface area contributed by atoms with Crippen LogP contribution < -0.4 is 10.6 Å². The van der Waals surface area contributed by atoms with E-state index in [2.05, 4.69) is 23.6 Å². The molecule has 1 unspecified atom stereocenters. The van der Waals surface area contributed by atoms with E-state index in [4.69, 9.17) is 16.3 Å². The Morgan fingerprint density at radius 3 is 2.67 bits per heavy atom. The van der Waals surface area contributed by atoms with E-state index >= 15 is 0 Å². The van der Waals surface area contributed by atoms with Crippen LogP contribution in [0.5, 0.6) is 0 Å². The standard InChI is InChI=1S/C18H21ClN2O2S/c1-12(16-7-8-17(19)24-16)20-14-9-15(10-14)21-18(22)23-11-13-5-3-2-4-6-13/h2-8,12,14-15,20H,9-11H2,1H3,(H,21,22). The highest BCUT2D eigenvalue weighted by Gasteiger charge is 2.31. The number of ether oxygens (including phenoxy) is 1. The van der Waals surface area contributed by atoms with Crippen molar-refractivity contribution in [1.82, 2.24) is 10.6 Å². The topological polar surface area (TPSA) is 50.4 Å². The molecule has 2 N–H and O–H groups in total. The largest absolute Gasteiger partial charge is 0.445 e. The smallest absolute Gasteiger partial charge is 0.407 e. The molecule has 1 atom stereocenters. The van der Waals surface area contributed by atoms with Gasteiger partial charge < -0.3 is 15.4 Å². The molecule has 3 rings (SSSR count). The molecule has 0 aliphatic heterocycles. The summed E-state index contributed by atoms with van der Waals surface area (Å²) in [5.41, 5.74) is 0.990. The van der Waals surface area contributed by atoms with Crippen LogP contribution in [0.3, 0.4) is 0 Å². The molecule has 1 aliphatic carbocycles. The van der Waals surface area contributed by atoms with Gasteiger partial charge >= 0.3 is 6.09 Å². The van der Waals surface area contributed by atoms with Crippen LogP contribution in [0.15, 0.2) is 42.5 Å². The second-order valence-corrected chi connectivity index (χ2v) is 7.85. The van der Waals surface area contributed by atoms with Crippen molar-refractivity contribution in [3.8, 4) is 0 Å². The maximum Gasteiger partial charge on any atom is 0.407 e. The molecule has 1 fully saturated rings. The second kappa shape index (κ2) is 8.01. The van der Waals surface area contributed by atoms with Crippen LogP contribution in [0.2, 0.25) is 4.34 Å². The molecule has 128 valence electrons. The second-order valence-electron chi connectivity index (χ2n) is 6.10. The minimum Gasteiger partial charge on any atom is -0.445 e. The Morgan fingerprint density at radius 2 is 2.00 bits per heavy atom. The molecule has 1 aromatic carbocycles. The van der Waals surface area contributed by atoms with Gasteiger partial charge in [0.2, 0.25) is 0 Å². The van der Waals surface area contributed by atoms with Crippen molar-refractivity contribution in [3.63, 3.8) is 0 Å². The molecule has 0 radical (unpaired) electrons.